The zero-order chi connectivity index (χ0) is 28.2. The third-order valence-electron chi connectivity index (χ3n) is 8.70. The summed E-state index contributed by atoms with van der Waals surface area (Å²) in [5.74, 6) is -0.479. The lowest BCUT2D eigenvalue weighted by atomic mass is 9.88. The Balaban J connectivity index is 1.16. The van der Waals surface area contributed by atoms with Crippen LogP contribution in [0.25, 0.3) is 10.8 Å². The van der Waals surface area contributed by atoms with Gasteiger partial charge in [-0.05, 0) is 71.9 Å². The highest BCUT2D eigenvalue weighted by molar-refractivity contribution is 6.07. The Kier molecular flexibility index (Phi) is 8.10. The van der Waals surface area contributed by atoms with Crippen molar-refractivity contribution < 1.29 is 18.7 Å². The van der Waals surface area contributed by atoms with Gasteiger partial charge in [-0.2, -0.15) is 0 Å². The van der Waals surface area contributed by atoms with Gasteiger partial charge in [-0.25, -0.2) is 4.39 Å². The van der Waals surface area contributed by atoms with Crippen molar-refractivity contribution in [2.24, 2.45) is 11.8 Å². The number of carbonyl (C=O) groups is 2. The molecule has 0 aromatic heterocycles. The van der Waals surface area contributed by atoms with Crippen molar-refractivity contribution in [3.63, 3.8) is 0 Å². The van der Waals surface area contributed by atoms with Gasteiger partial charge in [0.25, 0.3) is 5.91 Å². The van der Waals surface area contributed by atoms with Crippen molar-refractivity contribution in [1.82, 2.24) is 9.80 Å². The van der Waals surface area contributed by atoms with E-state index in [1.165, 1.54) is 17.7 Å². The molecule has 0 spiro atoms. The van der Waals surface area contributed by atoms with Crippen LogP contribution < -0.4 is 0 Å². The maximum atomic E-state index is 13.8. The smallest absolute Gasteiger partial charge is 0.311 e. The fourth-order valence-electron chi connectivity index (χ4n) is 6.42. The largest absolute Gasteiger partial charge is 0.461 e. The molecule has 4 aromatic carbocycles. The summed E-state index contributed by atoms with van der Waals surface area (Å²) in [5, 5.41) is 1.95. The molecule has 210 valence electrons. The van der Waals surface area contributed by atoms with E-state index in [1.807, 2.05) is 89.8 Å². The van der Waals surface area contributed by atoms with E-state index in [0.29, 0.717) is 24.6 Å². The van der Waals surface area contributed by atoms with Gasteiger partial charge in [0.05, 0.1) is 5.92 Å². The van der Waals surface area contributed by atoms with Crippen LogP contribution in [0, 0.1) is 17.7 Å². The first-order valence-electron chi connectivity index (χ1n) is 14.5. The van der Waals surface area contributed by atoms with Crippen LogP contribution in [0.3, 0.4) is 0 Å². The van der Waals surface area contributed by atoms with E-state index in [0.717, 1.165) is 48.8 Å². The molecule has 1 amide bonds. The van der Waals surface area contributed by atoms with E-state index in [-0.39, 0.29) is 36.1 Å². The molecule has 2 fully saturated rings. The first-order chi connectivity index (χ1) is 20.0. The predicted octanol–water partition coefficient (Wildman–Crippen LogP) is 6.29. The molecule has 6 heteroatoms. The average molecular weight is 551 g/mol. The third kappa shape index (κ3) is 6.18. The van der Waals surface area contributed by atoms with Crippen LogP contribution in [-0.4, -0.2) is 54.4 Å². The number of amides is 1. The zero-order valence-corrected chi connectivity index (χ0v) is 23.1. The van der Waals surface area contributed by atoms with Crippen molar-refractivity contribution in [2.75, 3.05) is 32.7 Å². The molecule has 0 saturated carbocycles. The van der Waals surface area contributed by atoms with E-state index >= 15 is 0 Å². The second-order valence-electron chi connectivity index (χ2n) is 11.3. The quantitative estimate of drug-likeness (QED) is 0.254. The van der Waals surface area contributed by atoms with Gasteiger partial charge in [-0.1, -0.05) is 78.9 Å². The molecular formula is C35H35FN2O3. The number of rotatable bonds is 7. The Morgan fingerprint density at radius 3 is 2.29 bits per heavy atom. The maximum Gasteiger partial charge on any atom is 0.311 e. The van der Waals surface area contributed by atoms with Gasteiger partial charge in [-0.3, -0.25) is 9.59 Å². The van der Waals surface area contributed by atoms with Gasteiger partial charge in [0.15, 0.2) is 0 Å². The number of nitrogens with zero attached hydrogens (tertiary/aromatic N) is 2. The molecule has 5 nitrogen and oxygen atoms in total. The molecule has 6 rings (SSSR count). The van der Waals surface area contributed by atoms with Crippen LogP contribution >= 0.6 is 0 Å². The van der Waals surface area contributed by atoms with E-state index in [4.69, 9.17) is 4.74 Å². The first kappa shape index (κ1) is 27.2. The number of benzene rings is 4. The molecule has 41 heavy (non-hydrogen) atoms. The van der Waals surface area contributed by atoms with Crippen LogP contribution in [0.1, 0.15) is 40.2 Å². The summed E-state index contributed by atoms with van der Waals surface area (Å²) in [6, 6.07) is 30.3. The summed E-state index contributed by atoms with van der Waals surface area (Å²) < 4.78 is 19.2. The molecule has 0 radical (unpaired) electrons. The Morgan fingerprint density at radius 2 is 1.51 bits per heavy atom. The lowest BCUT2D eigenvalue weighted by Crippen LogP contribution is -2.40. The fraction of sp³-hybridized carbons (Fsp3) is 0.314. The molecule has 4 aromatic rings. The average Bonchev–Trinajstić information content (AvgIpc) is 3.44. The van der Waals surface area contributed by atoms with Gasteiger partial charge in [0.2, 0.25) is 0 Å². The molecule has 2 aliphatic rings. The molecule has 2 atom stereocenters. The molecule has 2 saturated heterocycles. The highest BCUT2D eigenvalue weighted by Crippen LogP contribution is 2.32. The van der Waals surface area contributed by atoms with E-state index < -0.39 is 0 Å². The number of fused-ring (bicyclic) bond motifs is 1. The lowest BCUT2D eigenvalue weighted by molar-refractivity contribution is -0.150. The monoisotopic (exact) mass is 550 g/mol. The highest BCUT2D eigenvalue weighted by Gasteiger charge is 2.42. The molecule has 2 aliphatic heterocycles. The molecule has 0 aliphatic carbocycles. The van der Waals surface area contributed by atoms with Gasteiger partial charge in [-0.15, -0.1) is 0 Å². The number of hydrogen-bond donors (Lipinski definition) is 0. The number of hydrogen-bond acceptors (Lipinski definition) is 4. The lowest BCUT2D eigenvalue weighted by Gasteiger charge is -2.34. The second-order valence-corrected chi connectivity index (χ2v) is 11.3. The summed E-state index contributed by atoms with van der Waals surface area (Å²) in [6.07, 6.45) is 1.97. The van der Waals surface area contributed by atoms with Crippen LogP contribution in [-0.2, 0) is 16.1 Å². The molecular weight excluding hydrogens is 515 g/mol. The minimum Gasteiger partial charge on any atom is -0.461 e. The normalized spacial score (nSPS) is 19.9. The standard InChI is InChI=1S/C35H35FN2O3/c36-30-15-13-26(14-16-30)27-17-19-37(20-18-27)21-29-22-38(23-33(29)35(40)41-24-25-7-2-1-3-8-25)34(39)32-12-6-10-28-9-4-5-11-31(28)32/h1-16,27,29,33H,17-24H2. The van der Waals surface area contributed by atoms with Crippen molar-refractivity contribution in [1.29, 1.82) is 0 Å². The molecule has 0 N–H and O–H groups in total. The van der Waals surface area contributed by atoms with Crippen molar-refractivity contribution in [3.8, 4) is 0 Å². The molecule has 2 heterocycles. The van der Waals surface area contributed by atoms with Crippen molar-refractivity contribution >= 4 is 22.6 Å². The maximum absolute atomic E-state index is 13.8. The van der Waals surface area contributed by atoms with Gasteiger partial charge in [0.1, 0.15) is 12.4 Å². The van der Waals surface area contributed by atoms with Gasteiger partial charge in [0, 0.05) is 31.1 Å². The minimum atomic E-state index is -0.382. The number of esters is 1. The van der Waals surface area contributed by atoms with Gasteiger partial charge < -0.3 is 14.5 Å². The minimum absolute atomic E-state index is 0.0143. The van der Waals surface area contributed by atoms with Crippen LogP contribution in [0.4, 0.5) is 4.39 Å². The summed E-state index contributed by atoms with van der Waals surface area (Å²) in [5.41, 5.74) is 2.79. The summed E-state index contributed by atoms with van der Waals surface area (Å²) in [4.78, 5) is 31.5. The number of halogens is 1. The van der Waals surface area contributed by atoms with Crippen LogP contribution in [0.15, 0.2) is 97.1 Å². The fourth-order valence-corrected chi connectivity index (χ4v) is 6.42. The van der Waals surface area contributed by atoms with E-state index in [1.54, 1.807) is 0 Å². The number of likely N-dealkylation sites (tertiary alicyclic amines) is 2. The number of carbonyl (C=O) groups excluding carboxylic acids is 2. The Hall–Kier alpha value is -4.03. The number of piperidine rings is 1. The van der Waals surface area contributed by atoms with E-state index in [9.17, 15) is 14.0 Å². The topological polar surface area (TPSA) is 49.9 Å². The predicted molar refractivity (Wildman–Crippen MR) is 158 cm³/mol. The van der Waals surface area contributed by atoms with Crippen LogP contribution in [0.5, 0.6) is 0 Å². The SMILES string of the molecule is O=C(OCc1ccccc1)C1CN(C(=O)c2cccc3ccccc23)CC1CN1CCC(c2ccc(F)cc2)CC1. The third-order valence-corrected chi connectivity index (χ3v) is 8.70. The van der Waals surface area contributed by atoms with E-state index in [2.05, 4.69) is 4.90 Å². The Labute approximate surface area is 240 Å². The van der Waals surface area contributed by atoms with Crippen LogP contribution in [0.2, 0.25) is 0 Å². The Bertz CT molecular complexity index is 1490. The summed E-state index contributed by atoms with van der Waals surface area (Å²) in [7, 11) is 0. The summed E-state index contributed by atoms with van der Waals surface area (Å²) >= 11 is 0. The second kappa shape index (κ2) is 12.2. The molecule has 0 bridgehead atoms. The zero-order valence-electron chi connectivity index (χ0n) is 23.1. The summed E-state index contributed by atoms with van der Waals surface area (Å²) in [6.45, 7) is 3.64. The van der Waals surface area contributed by atoms with Crippen molar-refractivity contribution in [2.45, 2.75) is 25.4 Å². The first-order valence-corrected chi connectivity index (χ1v) is 14.5. The molecule has 2 unspecified atom stereocenters. The van der Waals surface area contributed by atoms with Gasteiger partial charge >= 0.3 is 5.97 Å². The Morgan fingerprint density at radius 1 is 0.805 bits per heavy atom. The van der Waals surface area contributed by atoms with Crippen molar-refractivity contribution in [3.05, 3.63) is 120 Å². The highest BCUT2D eigenvalue weighted by atomic mass is 19.1. The number of ether oxygens (including phenoxy) is 1.